The monoisotopic (exact) mass is 751 g/mol. The van der Waals surface area contributed by atoms with Gasteiger partial charge < -0.3 is 25.2 Å². The highest BCUT2D eigenvalue weighted by Gasteiger charge is 2.40. The molecular weight excluding hydrogens is 714 g/mol. The number of hydrogen-bond acceptors (Lipinski definition) is 6. The van der Waals surface area contributed by atoms with Crippen LogP contribution in [0.5, 0.6) is 5.75 Å². The van der Waals surface area contributed by atoms with Crippen LogP contribution in [0.25, 0.3) is 0 Å². The van der Waals surface area contributed by atoms with Crippen molar-refractivity contribution in [2.75, 3.05) is 31.1 Å². The molecule has 1 aromatic heterocycles. The van der Waals surface area contributed by atoms with E-state index in [2.05, 4.69) is 21.6 Å². The number of nitrogens with zero attached hydrogens (tertiary/aromatic N) is 3. The van der Waals surface area contributed by atoms with Crippen molar-refractivity contribution >= 4 is 52.4 Å². The number of amides is 2. The lowest BCUT2D eigenvalue weighted by Crippen LogP contribution is -2.47. The first-order valence-corrected chi connectivity index (χ1v) is 17.9. The fourth-order valence-corrected chi connectivity index (χ4v) is 7.66. The van der Waals surface area contributed by atoms with Crippen molar-refractivity contribution < 1.29 is 27.5 Å². The minimum Gasteiger partial charge on any atom is -0.485 e. The minimum absolute atomic E-state index is 0.0293. The lowest BCUT2D eigenvalue weighted by atomic mass is 9.80. The van der Waals surface area contributed by atoms with E-state index in [1.807, 2.05) is 36.2 Å². The van der Waals surface area contributed by atoms with Crippen molar-refractivity contribution in [2.24, 2.45) is 5.92 Å². The number of hydrogen-bond donors (Lipinski definition) is 2. The van der Waals surface area contributed by atoms with Crippen molar-refractivity contribution in [1.82, 2.24) is 20.5 Å². The molecule has 2 N–H and O–H groups in total. The third kappa shape index (κ3) is 9.15. The molecule has 2 aliphatic heterocycles. The summed E-state index contributed by atoms with van der Waals surface area (Å²) in [7, 11) is 0. The molecule has 2 saturated heterocycles. The highest BCUT2D eigenvalue weighted by atomic mass is 35.5. The summed E-state index contributed by atoms with van der Waals surface area (Å²) in [6.07, 6.45) is -0.975. The SMILES string of the molecule is Cc1cc(Cl)c(O[C@H]2CCN(c3ccc(C4CCNCC4C(=O)N(Cc4cc(CNC(=O)CC(F)(F)F)ccc4Cl)C4CC4)cn3)C2)c(Cl)c1. The van der Waals surface area contributed by atoms with Crippen LogP contribution in [0.15, 0.2) is 48.7 Å². The summed E-state index contributed by atoms with van der Waals surface area (Å²) in [6, 6.07) is 12.9. The Morgan fingerprint density at radius 1 is 1.04 bits per heavy atom. The highest BCUT2D eigenvalue weighted by Crippen LogP contribution is 2.38. The van der Waals surface area contributed by atoms with E-state index in [1.54, 1.807) is 18.2 Å². The zero-order valence-corrected chi connectivity index (χ0v) is 29.8. The fourth-order valence-electron chi connectivity index (χ4n) is 6.79. The zero-order valence-electron chi connectivity index (χ0n) is 27.5. The van der Waals surface area contributed by atoms with Crippen LogP contribution in [0.1, 0.15) is 60.3 Å². The van der Waals surface area contributed by atoms with Crippen LogP contribution < -0.4 is 20.3 Å². The minimum atomic E-state index is -4.58. The Morgan fingerprint density at radius 3 is 2.48 bits per heavy atom. The summed E-state index contributed by atoms with van der Waals surface area (Å²) in [6.45, 7) is 4.84. The Kier molecular flexibility index (Phi) is 11.4. The number of anilines is 1. The largest absolute Gasteiger partial charge is 0.485 e. The number of aryl methyl sites for hydroxylation is 1. The van der Waals surface area contributed by atoms with Crippen molar-refractivity contribution in [3.05, 3.63) is 86.0 Å². The van der Waals surface area contributed by atoms with Gasteiger partial charge in [0.15, 0.2) is 5.75 Å². The quantitative estimate of drug-likeness (QED) is 0.212. The van der Waals surface area contributed by atoms with Crippen molar-refractivity contribution in [3.8, 4) is 5.75 Å². The molecule has 6 rings (SSSR count). The molecule has 0 spiro atoms. The molecule has 3 aromatic rings. The van der Waals surface area contributed by atoms with Gasteiger partial charge >= 0.3 is 6.18 Å². The summed E-state index contributed by atoms with van der Waals surface area (Å²) in [4.78, 5) is 34.9. The standard InChI is InChI=1S/C36H39Cl3F3N5O3/c1-21-12-30(38)34(31(39)13-21)50-26-9-11-46(20-26)32-7-3-23(17-44-32)27-8-10-43-18-28(27)35(49)47(25-4-5-25)19-24-14-22(2-6-29(24)37)16-45-33(48)15-36(40,41)42/h2-3,6-7,12-14,17,25-28,43H,4-5,8-11,15-16,18-20H2,1H3,(H,45,48)/t26-,27?,28?/m0/s1. The first-order chi connectivity index (χ1) is 23.8. The Bertz CT molecular complexity index is 1680. The van der Waals surface area contributed by atoms with Gasteiger partial charge in [0.2, 0.25) is 11.8 Å². The van der Waals surface area contributed by atoms with Gasteiger partial charge in [-0.3, -0.25) is 9.59 Å². The molecule has 1 aliphatic carbocycles. The number of nitrogens with one attached hydrogen (secondary N) is 2. The molecule has 2 amide bonds. The van der Waals surface area contributed by atoms with Gasteiger partial charge in [0.25, 0.3) is 0 Å². The van der Waals surface area contributed by atoms with Crippen LogP contribution >= 0.6 is 34.8 Å². The maximum atomic E-state index is 14.3. The van der Waals surface area contributed by atoms with Gasteiger partial charge in [-0.2, -0.15) is 13.2 Å². The van der Waals surface area contributed by atoms with Crippen LogP contribution in [0, 0.1) is 12.8 Å². The van der Waals surface area contributed by atoms with Crippen LogP contribution in [0.2, 0.25) is 15.1 Å². The second-order valence-corrected chi connectivity index (χ2v) is 14.6. The molecule has 0 bridgehead atoms. The number of piperidine rings is 1. The van der Waals surface area contributed by atoms with E-state index >= 15 is 0 Å². The van der Waals surface area contributed by atoms with E-state index < -0.39 is 18.5 Å². The molecule has 3 atom stereocenters. The number of rotatable bonds is 11. The number of carbonyl (C=O) groups is 2. The predicted octanol–water partition coefficient (Wildman–Crippen LogP) is 7.46. The van der Waals surface area contributed by atoms with Crippen LogP contribution in [0.4, 0.5) is 19.0 Å². The van der Waals surface area contributed by atoms with Gasteiger partial charge in [0, 0.05) is 49.9 Å². The smallest absolute Gasteiger partial charge is 0.397 e. The normalized spacial score (nSPS) is 20.9. The zero-order chi connectivity index (χ0) is 35.6. The summed E-state index contributed by atoms with van der Waals surface area (Å²) in [5.74, 6) is -0.0797. The van der Waals surface area contributed by atoms with Gasteiger partial charge in [0.05, 0.1) is 22.5 Å². The molecule has 1 saturated carbocycles. The Labute approximate surface area is 304 Å². The molecule has 14 heteroatoms. The number of benzene rings is 2. The highest BCUT2D eigenvalue weighted by molar-refractivity contribution is 6.37. The van der Waals surface area contributed by atoms with E-state index in [9.17, 15) is 22.8 Å². The molecule has 50 heavy (non-hydrogen) atoms. The molecule has 3 aliphatic rings. The lowest BCUT2D eigenvalue weighted by Gasteiger charge is -2.36. The molecule has 268 valence electrons. The topological polar surface area (TPSA) is 86.8 Å². The third-order valence-electron chi connectivity index (χ3n) is 9.47. The molecule has 3 fully saturated rings. The Hall–Kier alpha value is -3.25. The van der Waals surface area contributed by atoms with E-state index in [-0.39, 0.29) is 43.0 Å². The van der Waals surface area contributed by atoms with Crippen LogP contribution in [-0.4, -0.2) is 66.2 Å². The lowest BCUT2D eigenvalue weighted by molar-refractivity contribution is -0.153. The third-order valence-corrected chi connectivity index (χ3v) is 10.4. The van der Waals surface area contributed by atoms with E-state index in [4.69, 9.17) is 44.5 Å². The van der Waals surface area contributed by atoms with Gasteiger partial charge in [-0.1, -0.05) is 53.0 Å². The molecule has 2 unspecified atom stereocenters. The summed E-state index contributed by atoms with van der Waals surface area (Å²) < 4.78 is 44.0. The number of carbonyl (C=O) groups excluding carboxylic acids is 2. The maximum Gasteiger partial charge on any atom is 0.397 e. The number of ether oxygens (including phenoxy) is 1. The molecule has 2 aromatic carbocycles. The molecule has 3 heterocycles. The molecular formula is C36H39Cl3F3N5O3. The Morgan fingerprint density at radius 2 is 1.80 bits per heavy atom. The summed E-state index contributed by atoms with van der Waals surface area (Å²) >= 11 is 19.4. The van der Waals surface area contributed by atoms with E-state index in [0.29, 0.717) is 45.0 Å². The number of halogens is 6. The first-order valence-electron chi connectivity index (χ1n) is 16.8. The van der Waals surface area contributed by atoms with Crippen LogP contribution in [0.3, 0.4) is 0 Å². The number of aromatic nitrogens is 1. The second-order valence-electron chi connectivity index (χ2n) is 13.4. The number of alkyl halides is 3. The van der Waals surface area contributed by atoms with Gasteiger partial charge in [-0.15, -0.1) is 0 Å². The van der Waals surface area contributed by atoms with Gasteiger partial charge in [-0.05, 0) is 85.2 Å². The maximum absolute atomic E-state index is 14.3. The molecule has 8 nitrogen and oxygen atoms in total. The van der Waals surface area contributed by atoms with E-state index in [1.165, 1.54) is 0 Å². The summed E-state index contributed by atoms with van der Waals surface area (Å²) in [5.41, 5.74) is 3.25. The average molecular weight is 753 g/mol. The number of pyridine rings is 1. The van der Waals surface area contributed by atoms with Gasteiger partial charge in [0.1, 0.15) is 18.3 Å². The van der Waals surface area contributed by atoms with Crippen molar-refractivity contribution in [1.29, 1.82) is 0 Å². The van der Waals surface area contributed by atoms with Crippen LogP contribution in [-0.2, 0) is 22.7 Å². The summed E-state index contributed by atoms with van der Waals surface area (Å²) in [5, 5.41) is 7.14. The van der Waals surface area contributed by atoms with Crippen molar-refractivity contribution in [3.63, 3.8) is 0 Å². The van der Waals surface area contributed by atoms with Crippen molar-refractivity contribution in [2.45, 2.75) is 76.4 Å². The van der Waals surface area contributed by atoms with E-state index in [0.717, 1.165) is 55.7 Å². The molecule has 0 radical (unpaired) electrons. The Balaban J connectivity index is 1.11. The predicted molar refractivity (Wildman–Crippen MR) is 188 cm³/mol. The first kappa shape index (κ1) is 36.5. The fraction of sp³-hybridized carbons (Fsp3) is 0.472. The second kappa shape index (κ2) is 15.6. The van der Waals surface area contributed by atoms with Gasteiger partial charge in [-0.25, -0.2) is 4.98 Å². The average Bonchev–Trinajstić information content (AvgIpc) is 3.81.